The van der Waals surface area contributed by atoms with Crippen molar-refractivity contribution in [2.24, 2.45) is 10.9 Å². The first-order valence-electron chi connectivity index (χ1n) is 2.86. The Hall–Kier alpha value is -0.810. The van der Waals surface area contributed by atoms with Gasteiger partial charge in [0.05, 0.1) is 0 Å². The van der Waals surface area contributed by atoms with E-state index in [1.54, 1.807) is 7.05 Å². The number of nitrogens with one attached hydrogen (secondary N) is 1. The summed E-state index contributed by atoms with van der Waals surface area (Å²) in [4.78, 5) is 4.68. The second-order valence-electron chi connectivity index (χ2n) is 2.30. The number of rotatable bonds is 2. The van der Waals surface area contributed by atoms with Crippen LogP contribution in [0.15, 0.2) is 5.10 Å². The van der Waals surface area contributed by atoms with Gasteiger partial charge in [-0.3, -0.25) is 0 Å². The van der Waals surface area contributed by atoms with E-state index in [0.29, 0.717) is 0 Å². The van der Waals surface area contributed by atoms with E-state index in [1.165, 1.54) is 13.8 Å². The molecule has 10 heavy (non-hydrogen) atoms. The first-order chi connectivity index (χ1) is 4.52. The fraction of sp³-hybridized carbons (Fsp3) is 0.800. The van der Waals surface area contributed by atoms with Crippen molar-refractivity contribution in [3.8, 4) is 0 Å². The number of hydroxylamine groups is 1. The number of nitrogens with two attached hydrogens (primary N) is 1. The van der Waals surface area contributed by atoms with Crippen molar-refractivity contribution in [2.45, 2.75) is 19.4 Å². The molecule has 5 nitrogen and oxygen atoms in total. The molecule has 0 saturated heterocycles. The molecule has 60 valence electrons. The van der Waals surface area contributed by atoms with Crippen LogP contribution in [0.1, 0.15) is 13.8 Å². The molecule has 0 bridgehead atoms. The fourth-order valence-electron chi connectivity index (χ4n) is 0.406. The van der Waals surface area contributed by atoms with Gasteiger partial charge in [-0.05, 0) is 13.8 Å². The number of hydrogen-bond acceptors (Lipinski definition) is 5. The van der Waals surface area contributed by atoms with Gasteiger partial charge in [-0.1, -0.05) is 0 Å². The van der Waals surface area contributed by atoms with Crippen LogP contribution in [0.5, 0.6) is 0 Å². The fourth-order valence-corrected chi connectivity index (χ4v) is 0.406. The predicted octanol–water partition coefficient (Wildman–Crippen LogP) is -0.819. The molecule has 4 N–H and O–H groups in total. The summed E-state index contributed by atoms with van der Waals surface area (Å²) in [7, 11) is 1.55. The average molecular weight is 147 g/mol. The monoisotopic (exact) mass is 147 g/mol. The molecule has 0 amide bonds. The molecule has 0 aliphatic rings. The molecule has 5 heteroatoms. The maximum absolute atomic E-state index is 9.23. The molecule has 0 heterocycles. The van der Waals surface area contributed by atoms with E-state index in [4.69, 9.17) is 5.84 Å². The lowest BCUT2D eigenvalue weighted by Crippen LogP contribution is -2.37. The lowest BCUT2D eigenvalue weighted by molar-refractivity contribution is 0.0900. The third-order valence-electron chi connectivity index (χ3n) is 0.839. The smallest absolute Gasteiger partial charge is 0.261 e. The normalized spacial score (nSPS) is 13.4. The van der Waals surface area contributed by atoms with Gasteiger partial charge in [0.25, 0.3) is 5.90 Å². The largest absolute Gasteiger partial charge is 0.389 e. The molecular weight excluding hydrogens is 134 g/mol. The van der Waals surface area contributed by atoms with Crippen LogP contribution in [-0.4, -0.2) is 23.7 Å². The molecule has 0 aromatic heterocycles. The molecule has 0 aliphatic heterocycles. The maximum Gasteiger partial charge on any atom is 0.261 e. The molecule has 0 rings (SSSR count). The van der Waals surface area contributed by atoms with Crippen LogP contribution in [-0.2, 0) is 4.84 Å². The molecule has 0 saturated carbocycles. The number of hydrogen-bond donors (Lipinski definition) is 3. The Kier molecular flexibility index (Phi) is 3.11. The van der Waals surface area contributed by atoms with Gasteiger partial charge in [-0.2, -0.15) is 5.48 Å². The highest BCUT2D eigenvalue weighted by atomic mass is 16.7. The topological polar surface area (TPSA) is 79.9 Å². The molecule has 0 atom stereocenters. The summed E-state index contributed by atoms with van der Waals surface area (Å²) in [5, 5.41) is 12.5. The lowest BCUT2D eigenvalue weighted by Gasteiger charge is -2.17. The van der Waals surface area contributed by atoms with Crippen molar-refractivity contribution < 1.29 is 9.94 Å². The number of nitrogens with zero attached hydrogens (tertiary/aromatic N) is 1. The summed E-state index contributed by atoms with van der Waals surface area (Å²) in [6.07, 6.45) is 0. The van der Waals surface area contributed by atoms with Crippen LogP contribution in [0.2, 0.25) is 0 Å². The highest BCUT2D eigenvalue weighted by molar-refractivity contribution is 5.83. The van der Waals surface area contributed by atoms with E-state index < -0.39 is 5.60 Å². The van der Waals surface area contributed by atoms with Crippen molar-refractivity contribution in [3.63, 3.8) is 0 Å². The lowest BCUT2D eigenvalue weighted by atomic mass is 10.1. The van der Waals surface area contributed by atoms with Crippen molar-refractivity contribution in [1.29, 1.82) is 0 Å². The molecule has 0 radical (unpaired) electrons. The summed E-state index contributed by atoms with van der Waals surface area (Å²) in [6.45, 7) is 3.05. The Morgan fingerprint density at radius 3 is 2.30 bits per heavy atom. The minimum absolute atomic E-state index is 0.0509. The number of hydrazone groups is 1. The molecule has 0 fully saturated rings. The van der Waals surface area contributed by atoms with Gasteiger partial charge < -0.3 is 15.8 Å². The van der Waals surface area contributed by atoms with Crippen LogP contribution < -0.4 is 11.3 Å². The first kappa shape index (κ1) is 9.19. The van der Waals surface area contributed by atoms with Crippen LogP contribution in [0.3, 0.4) is 0 Å². The van der Waals surface area contributed by atoms with Crippen LogP contribution in [0, 0.1) is 0 Å². The van der Waals surface area contributed by atoms with Gasteiger partial charge in [0.1, 0.15) is 5.60 Å². The van der Waals surface area contributed by atoms with Crippen molar-refractivity contribution in [1.82, 2.24) is 5.48 Å². The molecule has 0 spiro atoms. The highest BCUT2D eigenvalue weighted by Gasteiger charge is 2.23. The SMILES string of the molecule is CNO/C(=N\N)C(C)(C)O. The van der Waals surface area contributed by atoms with Crippen molar-refractivity contribution in [2.75, 3.05) is 7.05 Å². The molecular formula is C5H13N3O2. The van der Waals surface area contributed by atoms with Crippen LogP contribution in [0.25, 0.3) is 0 Å². The van der Waals surface area contributed by atoms with Gasteiger partial charge in [0.2, 0.25) is 0 Å². The summed E-state index contributed by atoms with van der Waals surface area (Å²) in [5.74, 6) is 4.96. The quantitative estimate of drug-likeness (QED) is 0.206. The molecule has 0 aromatic carbocycles. The third-order valence-corrected chi connectivity index (χ3v) is 0.839. The average Bonchev–Trinajstić information content (AvgIpc) is 1.80. The van der Waals surface area contributed by atoms with Crippen molar-refractivity contribution >= 4 is 5.90 Å². The Balaban J connectivity index is 4.10. The minimum atomic E-state index is -1.14. The standard InChI is InChI=1S/C5H13N3O2/c1-5(2,9)4(8-6)10-7-3/h7,9H,6H2,1-3H3/b8-4-. The molecule has 0 unspecified atom stereocenters. The Morgan fingerprint density at radius 2 is 2.20 bits per heavy atom. The van der Waals surface area contributed by atoms with E-state index in [0.717, 1.165) is 0 Å². The van der Waals surface area contributed by atoms with Crippen molar-refractivity contribution in [3.05, 3.63) is 0 Å². The van der Waals surface area contributed by atoms with E-state index in [2.05, 4.69) is 15.4 Å². The summed E-state index contributed by atoms with van der Waals surface area (Å²) < 4.78 is 0. The maximum atomic E-state index is 9.23. The Labute approximate surface area is 59.8 Å². The van der Waals surface area contributed by atoms with Gasteiger partial charge in [-0.25, -0.2) is 0 Å². The Morgan fingerprint density at radius 1 is 1.70 bits per heavy atom. The Bertz CT molecular complexity index is 127. The van der Waals surface area contributed by atoms with Gasteiger partial charge in [0, 0.05) is 7.05 Å². The predicted molar refractivity (Wildman–Crippen MR) is 38.1 cm³/mol. The minimum Gasteiger partial charge on any atom is -0.389 e. The second kappa shape index (κ2) is 3.38. The van der Waals surface area contributed by atoms with E-state index in [9.17, 15) is 5.11 Å². The van der Waals surface area contributed by atoms with Gasteiger partial charge >= 0.3 is 0 Å². The zero-order valence-electron chi connectivity index (χ0n) is 6.38. The van der Waals surface area contributed by atoms with E-state index >= 15 is 0 Å². The first-order valence-corrected chi connectivity index (χ1v) is 2.86. The van der Waals surface area contributed by atoms with Gasteiger partial charge in [0.15, 0.2) is 0 Å². The summed E-state index contributed by atoms with van der Waals surface area (Å²) in [6, 6.07) is 0. The van der Waals surface area contributed by atoms with Gasteiger partial charge in [-0.15, -0.1) is 5.10 Å². The molecule has 0 aromatic rings. The zero-order valence-corrected chi connectivity index (χ0v) is 6.38. The highest BCUT2D eigenvalue weighted by Crippen LogP contribution is 2.03. The van der Waals surface area contributed by atoms with Crippen LogP contribution >= 0.6 is 0 Å². The number of aliphatic hydroxyl groups is 1. The summed E-state index contributed by atoms with van der Waals surface area (Å²) >= 11 is 0. The second-order valence-corrected chi connectivity index (χ2v) is 2.30. The zero-order chi connectivity index (χ0) is 8.20. The van der Waals surface area contributed by atoms with Crippen LogP contribution in [0.4, 0.5) is 0 Å². The molecule has 0 aliphatic carbocycles. The van der Waals surface area contributed by atoms with E-state index in [-0.39, 0.29) is 5.90 Å². The summed E-state index contributed by atoms with van der Waals surface area (Å²) in [5.41, 5.74) is 1.21. The third kappa shape index (κ3) is 2.65. The van der Waals surface area contributed by atoms with E-state index in [1.807, 2.05) is 0 Å².